The molecule has 0 bridgehead atoms. The Morgan fingerprint density at radius 1 is 1.50 bits per heavy atom. The molecule has 4 nitrogen and oxygen atoms in total. The average molecular weight is 286 g/mol. The number of likely N-dealkylation sites (N-methyl/N-ethyl adjacent to an activating group) is 1. The molecule has 1 aromatic rings. The Hall–Kier alpha value is -1.01. The second-order valence-electron chi connectivity index (χ2n) is 4.53. The van der Waals surface area contributed by atoms with Crippen LogP contribution in [-0.4, -0.2) is 36.9 Å². The first-order valence-electron chi connectivity index (χ1n) is 5.69. The molecular weight excluding hydrogens is 268 g/mol. The van der Waals surface area contributed by atoms with Crippen molar-refractivity contribution in [3.8, 4) is 0 Å². The highest BCUT2D eigenvalue weighted by Gasteiger charge is 2.16. The Morgan fingerprint density at radius 3 is 2.67 bits per heavy atom. The van der Waals surface area contributed by atoms with Crippen LogP contribution in [-0.2, 0) is 4.79 Å². The molecule has 1 rings (SSSR count). The van der Waals surface area contributed by atoms with E-state index in [0.717, 1.165) is 4.90 Å². The molecule has 0 aliphatic heterocycles. The molecular formula is C12H18N2O2S2. The second kappa shape index (κ2) is 6.80. The maximum absolute atomic E-state index is 12.0. The molecule has 0 atom stereocenters. The van der Waals surface area contributed by atoms with E-state index in [4.69, 9.17) is 0 Å². The molecule has 0 aliphatic carbocycles. The van der Waals surface area contributed by atoms with Crippen molar-refractivity contribution in [2.45, 2.75) is 18.7 Å². The molecule has 0 aromatic carbocycles. The quantitative estimate of drug-likeness (QED) is 0.812. The van der Waals surface area contributed by atoms with Gasteiger partial charge in [-0.1, -0.05) is 13.8 Å². The van der Waals surface area contributed by atoms with Gasteiger partial charge in [-0.25, -0.2) is 0 Å². The third-order valence-corrected chi connectivity index (χ3v) is 3.58. The van der Waals surface area contributed by atoms with Crippen LogP contribution in [0.4, 0.5) is 0 Å². The van der Waals surface area contributed by atoms with Crippen molar-refractivity contribution in [3.05, 3.63) is 16.3 Å². The molecule has 0 fully saturated rings. The molecule has 1 aromatic heterocycles. The first kappa shape index (κ1) is 15.0. The molecule has 1 N–H and O–H groups in total. The van der Waals surface area contributed by atoms with Gasteiger partial charge in [-0.15, -0.1) is 24.0 Å². The van der Waals surface area contributed by atoms with Crippen LogP contribution in [0.5, 0.6) is 0 Å². The topological polar surface area (TPSA) is 49.4 Å². The van der Waals surface area contributed by atoms with Crippen LogP contribution in [0.1, 0.15) is 23.5 Å². The van der Waals surface area contributed by atoms with Gasteiger partial charge in [-0.2, -0.15) is 0 Å². The highest BCUT2D eigenvalue weighted by atomic mass is 32.1. The van der Waals surface area contributed by atoms with Gasteiger partial charge < -0.3 is 10.2 Å². The minimum atomic E-state index is -0.153. The molecule has 100 valence electrons. The lowest BCUT2D eigenvalue weighted by molar-refractivity contribution is -0.121. The number of carbonyl (C=O) groups is 2. The highest BCUT2D eigenvalue weighted by molar-refractivity contribution is 7.80. The first-order chi connectivity index (χ1) is 8.40. The van der Waals surface area contributed by atoms with Crippen molar-refractivity contribution < 1.29 is 9.59 Å². The van der Waals surface area contributed by atoms with Gasteiger partial charge >= 0.3 is 0 Å². The SMILES string of the molecule is CC(C)CNC(=O)CN(C)C(=O)c1cc(S)cs1. The number of carbonyl (C=O) groups excluding carboxylic acids is 2. The highest BCUT2D eigenvalue weighted by Crippen LogP contribution is 2.18. The van der Waals surface area contributed by atoms with E-state index in [1.165, 1.54) is 16.2 Å². The molecule has 0 aliphatic rings. The lowest BCUT2D eigenvalue weighted by atomic mass is 10.2. The summed E-state index contributed by atoms with van der Waals surface area (Å²) in [5, 5.41) is 4.57. The van der Waals surface area contributed by atoms with Gasteiger partial charge in [0.05, 0.1) is 11.4 Å². The Balaban J connectivity index is 2.47. The van der Waals surface area contributed by atoms with Crippen molar-refractivity contribution in [3.63, 3.8) is 0 Å². The summed E-state index contributed by atoms with van der Waals surface area (Å²) in [6.45, 7) is 4.75. The zero-order valence-electron chi connectivity index (χ0n) is 10.8. The van der Waals surface area contributed by atoms with Crippen LogP contribution in [0.15, 0.2) is 16.3 Å². The van der Waals surface area contributed by atoms with Crippen molar-refractivity contribution >= 4 is 35.8 Å². The second-order valence-corrected chi connectivity index (χ2v) is 5.96. The van der Waals surface area contributed by atoms with E-state index in [1.54, 1.807) is 18.5 Å². The largest absolute Gasteiger partial charge is 0.354 e. The van der Waals surface area contributed by atoms with Gasteiger partial charge in [0.25, 0.3) is 5.91 Å². The maximum atomic E-state index is 12.0. The van der Waals surface area contributed by atoms with Crippen LogP contribution in [0.25, 0.3) is 0 Å². The Kier molecular flexibility index (Phi) is 5.68. The zero-order chi connectivity index (χ0) is 13.7. The number of thiophene rings is 1. The fourth-order valence-corrected chi connectivity index (χ4v) is 2.43. The molecule has 18 heavy (non-hydrogen) atoms. The Bertz CT molecular complexity index is 429. The number of thiol groups is 1. The molecule has 0 spiro atoms. The summed E-state index contributed by atoms with van der Waals surface area (Å²) in [6.07, 6.45) is 0. The summed E-state index contributed by atoms with van der Waals surface area (Å²) in [6, 6.07) is 1.71. The van der Waals surface area contributed by atoms with Crippen LogP contribution in [0.3, 0.4) is 0 Å². The van der Waals surface area contributed by atoms with Gasteiger partial charge in [0.2, 0.25) is 5.91 Å². The third kappa shape index (κ3) is 4.70. The van der Waals surface area contributed by atoms with E-state index < -0.39 is 0 Å². The van der Waals surface area contributed by atoms with Gasteiger partial charge in [0.1, 0.15) is 0 Å². The molecule has 2 amide bonds. The van der Waals surface area contributed by atoms with E-state index in [-0.39, 0.29) is 18.4 Å². The molecule has 1 heterocycles. The normalized spacial score (nSPS) is 10.5. The summed E-state index contributed by atoms with van der Waals surface area (Å²) in [5.74, 6) is 0.112. The summed E-state index contributed by atoms with van der Waals surface area (Å²) in [5.41, 5.74) is 0. The van der Waals surface area contributed by atoms with Crippen molar-refractivity contribution in [1.29, 1.82) is 0 Å². The summed E-state index contributed by atoms with van der Waals surface area (Å²) in [7, 11) is 1.62. The van der Waals surface area contributed by atoms with Gasteiger partial charge in [0.15, 0.2) is 0 Å². The minimum Gasteiger partial charge on any atom is -0.354 e. The average Bonchev–Trinajstić information content (AvgIpc) is 2.72. The lowest BCUT2D eigenvalue weighted by Gasteiger charge is -2.16. The van der Waals surface area contributed by atoms with Crippen LogP contribution in [0, 0.1) is 5.92 Å². The number of rotatable bonds is 5. The Labute approximate surface area is 117 Å². The first-order valence-corrected chi connectivity index (χ1v) is 7.02. The number of amides is 2. The number of nitrogens with zero attached hydrogens (tertiary/aromatic N) is 1. The van der Waals surface area contributed by atoms with E-state index in [0.29, 0.717) is 17.3 Å². The molecule has 0 radical (unpaired) electrons. The lowest BCUT2D eigenvalue weighted by Crippen LogP contribution is -2.39. The Morgan fingerprint density at radius 2 is 2.17 bits per heavy atom. The summed E-state index contributed by atoms with van der Waals surface area (Å²) in [4.78, 5) is 26.3. The molecule has 0 saturated carbocycles. The third-order valence-electron chi connectivity index (χ3n) is 2.23. The van der Waals surface area contributed by atoms with Crippen LogP contribution in [0.2, 0.25) is 0 Å². The number of hydrogen-bond donors (Lipinski definition) is 2. The van der Waals surface area contributed by atoms with Gasteiger partial charge in [0, 0.05) is 23.9 Å². The number of hydrogen-bond acceptors (Lipinski definition) is 4. The molecule has 6 heteroatoms. The predicted octanol–water partition coefficient (Wildman–Crippen LogP) is 1.88. The van der Waals surface area contributed by atoms with Crippen molar-refractivity contribution in [2.75, 3.05) is 20.1 Å². The molecule has 0 unspecified atom stereocenters. The smallest absolute Gasteiger partial charge is 0.264 e. The van der Waals surface area contributed by atoms with E-state index in [2.05, 4.69) is 17.9 Å². The predicted molar refractivity (Wildman–Crippen MR) is 76.4 cm³/mol. The van der Waals surface area contributed by atoms with E-state index >= 15 is 0 Å². The standard InChI is InChI=1S/C12H18N2O2S2/c1-8(2)5-13-11(15)6-14(3)12(16)10-4-9(17)7-18-10/h4,7-8,17H,5-6H2,1-3H3,(H,13,15). The van der Waals surface area contributed by atoms with Crippen LogP contribution < -0.4 is 5.32 Å². The van der Waals surface area contributed by atoms with Gasteiger partial charge in [-0.05, 0) is 12.0 Å². The maximum Gasteiger partial charge on any atom is 0.264 e. The van der Waals surface area contributed by atoms with Crippen molar-refractivity contribution in [1.82, 2.24) is 10.2 Å². The summed E-state index contributed by atoms with van der Waals surface area (Å²) < 4.78 is 0. The van der Waals surface area contributed by atoms with Crippen molar-refractivity contribution in [2.24, 2.45) is 5.92 Å². The minimum absolute atomic E-state index is 0.0748. The van der Waals surface area contributed by atoms with Gasteiger partial charge in [-0.3, -0.25) is 9.59 Å². The number of nitrogens with one attached hydrogen (secondary N) is 1. The van der Waals surface area contributed by atoms with E-state index in [9.17, 15) is 9.59 Å². The van der Waals surface area contributed by atoms with Crippen LogP contribution >= 0.6 is 24.0 Å². The monoisotopic (exact) mass is 286 g/mol. The fraction of sp³-hybridized carbons (Fsp3) is 0.500. The summed E-state index contributed by atoms with van der Waals surface area (Å²) >= 11 is 5.49. The molecule has 0 saturated heterocycles. The zero-order valence-corrected chi connectivity index (χ0v) is 12.5. The van der Waals surface area contributed by atoms with E-state index in [1.807, 2.05) is 13.8 Å². The fourth-order valence-electron chi connectivity index (χ4n) is 1.29.